The molecular weight excluding hydrogens is 385 g/mol. The third kappa shape index (κ3) is 4.79. The molecule has 1 saturated heterocycles. The van der Waals surface area contributed by atoms with E-state index < -0.39 is 30.0 Å². The van der Waals surface area contributed by atoms with Crippen molar-refractivity contribution in [2.75, 3.05) is 12.3 Å². The Balaban J connectivity index is 1.89. The Morgan fingerprint density at radius 1 is 1.23 bits per heavy atom. The van der Waals surface area contributed by atoms with Crippen LogP contribution in [0.5, 0.6) is 0 Å². The van der Waals surface area contributed by atoms with E-state index in [1.807, 2.05) is 66.7 Å². The lowest BCUT2D eigenvalue weighted by atomic mass is 9.77. The summed E-state index contributed by atoms with van der Waals surface area (Å²) in [5.41, 5.74) is 6.48. The molecule has 0 bridgehead atoms. The van der Waals surface area contributed by atoms with Crippen LogP contribution in [-0.4, -0.2) is 41.7 Å². The number of nitrogens with one attached hydrogen (secondary N) is 1. The van der Waals surface area contributed by atoms with Crippen molar-refractivity contribution in [3.63, 3.8) is 0 Å². The van der Waals surface area contributed by atoms with Gasteiger partial charge in [-0.05, 0) is 71.6 Å². The molecule has 1 aliphatic heterocycles. The highest BCUT2D eigenvalue weighted by Gasteiger charge is 2.52. The molecule has 3 rings (SSSR count). The number of rotatable bonds is 4. The number of nitrogen functional groups attached to an aromatic ring is 1. The lowest BCUT2D eigenvalue weighted by molar-refractivity contribution is 0.00578. The molecule has 1 amide bonds. The number of aromatic nitrogens is 1. The quantitative estimate of drug-likeness (QED) is 0.728. The van der Waals surface area contributed by atoms with E-state index in [4.69, 9.17) is 24.3 Å². The lowest BCUT2D eigenvalue weighted by Gasteiger charge is -2.32. The maximum Gasteiger partial charge on any atom is 0.492 e. The number of fused-ring (bicyclic) bond motifs is 1. The third-order valence-corrected chi connectivity index (χ3v) is 5.27. The number of carbonyl (C=O) groups is 1. The van der Waals surface area contributed by atoms with E-state index >= 15 is 0 Å². The molecule has 0 saturated carbocycles. The van der Waals surface area contributed by atoms with Crippen LogP contribution in [0.25, 0.3) is 17.0 Å². The van der Waals surface area contributed by atoms with Crippen molar-refractivity contribution in [3.05, 3.63) is 29.2 Å². The van der Waals surface area contributed by atoms with Gasteiger partial charge in [-0.1, -0.05) is 17.3 Å². The predicted molar refractivity (Wildman–Crippen MR) is 117 cm³/mol. The number of alkyl carbamates (subject to hydrolysis) is 1. The SMILES string of the molecule is CC(C)(C)OC(=O)NCC(=Cc1ccc2onc(N)c2c1)B1OC(C)(C)C(C)(C)O1. The summed E-state index contributed by atoms with van der Waals surface area (Å²) in [6.07, 6.45) is 1.40. The first-order chi connectivity index (χ1) is 13.8. The van der Waals surface area contributed by atoms with Crippen LogP contribution in [0.3, 0.4) is 0 Å². The molecule has 1 fully saturated rings. The maximum atomic E-state index is 12.2. The predicted octanol–water partition coefficient (Wildman–Crippen LogP) is 3.95. The van der Waals surface area contributed by atoms with Gasteiger partial charge < -0.3 is 29.6 Å². The van der Waals surface area contributed by atoms with E-state index in [0.29, 0.717) is 11.4 Å². The van der Waals surface area contributed by atoms with Crippen molar-refractivity contribution in [3.8, 4) is 0 Å². The first-order valence-corrected chi connectivity index (χ1v) is 9.95. The summed E-state index contributed by atoms with van der Waals surface area (Å²) in [4.78, 5) is 12.2. The Morgan fingerprint density at radius 2 is 1.87 bits per heavy atom. The van der Waals surface area contributed by atoms with Crippen LogP contribution < -0.4 is 11.1 Å². The first kappa shape index (κ1) is 22.2. The molecule has 0 radical (unpaired) electrons. The zero-order valence-corrected chi connectivity index (χ0v) is 18.7. The van der Waals surface area contributed by atoms with Crippen molar-refractivity contribution in [2.45, 2.75) is 65.3 Å². The minimum Gasteiger partial charge on any atom is -0.444 e. The molecule has 8 nitrogen and oxygen atoms in total. The van der Waals surface area contributed by atoms with E-state index in [1.54, 1.807) is 6.07 Å². The van der Waals surface area contributed by atoms with Gasteiger partial charge in [0.15, 0.2) is 11.4 Å². The maximum absolute atomic E-state index is 12.2. The summed E-state index contributed by atoms with van der Waals surface area (Å²) in [5, 5.41) is 7.29. The Kier molecular flexibility index (Phi) is 5.64. The van der Waals surface area contributed by atoms with Crippen LogP contribution in [-0.2, 0) is 14.0 Å². The normalized spacial score (nSPS) is 18.6. The van der Waals surface area contributed by atoms with E-state index in [-0.39, 0.29) is 6.54 Å². The van der Waals surface area contributed by atoms with Crippen LogP contribution >= 0.6 is 0 Å². The number of amides is 1. The molecule has 3 N–H and O–H groups in total. The Hall–Kier alpha value is -2.52. The molecule has 162 valence electrons. The fourth-order valence-corrected chi connectivity index (χ4v) is 2.96. The average Bonchev–Trinajstić information content (AvgIpc) is 3.06. The van der Waals surface area contributed by atoms with Crippen LogP contribution in [0.4, 0.5) is 10.6 Å². The van der Waals surface area contributed by atoms with Gasteiger partial charge >= 0.3 is 13.2 Å². The summed E-state index contributed by atoms with van der Waals surface area (Å²) >= 11 is 0. The molecular formula is C21H30BN3O5. The van der Waals surface area contributed by atoms with Gasteiger partial charge in [-0.3, -0.25) is 0 Å². The number of anilines is 1. The van der Waals surface area contributed by atoms with Crippen molar-refractivity contribution >= 4 is 36.1 Å². The highest BCUT2D eigenvalue weighted by Crippen LogP contribution is 2.39. The molecule has 1 aromatic heterocycles. The molecule has 0 atom stereocenters. The fraction of sp³-hybridized carbons (Fsp3) is 0.524. The van der Waals surface area contributed by atoms with Gasteiger partial charge in [0.1, 0.15) is 5.60 Å². The summed E-state index contributed by atoms with van der Waals surface area (Å²) in [6, 6.07) is 5.55. The molecule has 9 heteroatoms. The van der Waals surface area contributed by atoms with Gasteiger partial charge in [-0.25, -0.2) is 4.79 Å². The number of nitrogens with zero attached hydrogens (tertiary/aromatic N) is 1. The lowest BCUT2D eigenvalue weighted by Crippen LogP contribution is -2.41. The fourth-order valence-electron chi connectivity index (χ4n) is 2.96. The van der Waals surface area contributed by atoms with Gasteiger partial charge in [0.2, 0.25) is 0 Å². The van der Waals surface area contributed by atoms with E-state index in [0.717, 1.165) is 16.4 Å². The summed E-state index contributed by atoms with van der Waals surface area (Å²) < 4.78 is 22.9. The van der Waals surface area contributed by atoms with Gasteiger partial charge in [-0.15, -0.1) is 0 Å². The van der Waals surface area contributed by atoms with E-state index in [2.05, 4.69) is 10.5 Å². The molecule has 1 aliphatic rings. The molecule has 30 heavy (non-hydrogen) atoms. The van der Waals surface area contributed by atoms with Crippen molar-refractivity contribution in [1.82, 2.24) is 10.5 Å². The number of nitrogens with two attached hydrogens (primary N) is 1. The number of carbonyl (C=O) groups excluding carboxylic acids is 1. The van der Waals surface area contributed by atoms with Crippen LogP contribution in [0, 0.1) is 0 Å². The number of hydrogen-bond donors (Lipinski definition) is 2. The van der Waals surface area contributed by atoms with Gasteiger partial charge in [0.25, 0.3) is 0 Å². The number of hydrogen-bond acceptors (Lipinski definition) is 7. The van der Waals surface area contributed by atoms with Crippen LogP contribution in [0.1, 0.15) is 54.0 Å². The summed E-state index contributed by atoms with van der Waals surface area (Å²) in [5.74, 6) is 0.323. The second-order valence-electron chi connectivity index (χ2n) is 9.49. The zero-order valence-electron chi connectivity index (χ0n) is 18.7. The minimum absolute atomic E-state index is 0.197. The summed E-state index contributed by atoms with van der Waals surface area (Å²) in [6.45, 7) is 13.6. The van der Waals surface area contributed by atoms with Gasteiger partial charge in [0.05, 0.1) is 16.6 Å². The summed E-state index contributed by atoms with van der Waals surface area (Å²) in [7, 11) is -0.625. The van der Waals surface area contributed by atoms with Gasteiger partial charge in [-0.2, -0.15) is 0 Å². The monoisotopic (exact) mass is 415 g/mol. The molecule has 0 unspecified atom stereocenters. The van der Waals surface area contributed by atoms with E-state index in [9.17, 15) is 4.79 Å². The smallest absolute Gasteiger partial charge is 0.444 e. The first-order valence-electron chi connectivity index (χ1n) is 9.95. The Labute approximate surface area is 177 Å². The van der Waals surface area contributed by atoms with Crippen molar-refractivity contribution in [2.24, 2.45) is 0 Å². The van der Waals surface area contributed by atoms with Gasteiger partial charge in [0, 0.05) is 6.54 Å². The second-order valence-corrected chi connectivity index (χ2v) is 9.49. The van der Waals surface area contributed by atoms with Crippen molar-refractivity contribution in [1.29, 1.82) is 0 Å². The number of benzene rings is 1. The molecule has 0 aliphatic carbocycles. The number of ether oxygens (including phenoxy) is 1. The van der Waals surface area contributed by atoms with E-state index in [1.165, 1.54) is 0 Å². The Bertz CT molecular complexity index is 959. The highest BCUT2D eigenvalue weighted by molar-refractivity contribution is 6.56. The topological polar surface area (TPSA) is 109 Å². The molecule has 1 aromatic carbocycles. The zero-order chi connectivity index (χ0) is 22.3. The Morgan fingerprint density at radius 3 is 2.47 bits per heavy atom. The molecule has 2 aromatic rings. The second kappa shape index (κ2) is 7.63. The molecule has 2 heterocycles. The van der Waals surface area contributed by atoms with Crippen LogP contribution in [0.2, 0.25) is 0 Å². The average molecular weight is 415 g/mol. The molecule has 0 spiro atoms. The highest BCUT2D eigenvalue weighted by atomic mass is 16.7. The largest absolute Gasteiger partial charge is 0.492 e. The minimum atomic E-state index is -0.625. The third-order valence-electron chi connectivity index (χ3n) is 5.27. The standard InChI is InChI=1S/C21H30BN3O5/c1-19(2,3)27-18(26)24-12-14(22-29-20(4,5)21(6,7)30-22)10-13-8-9-16-15(11-13)17(23)25-28-16/h8-11H,12H2,1-7H3,(H2,23,25)(H,24,26). The van der Waals surface area contributed by atoms with Crippen LogP contribution in [0.15, 0.2) is 28.2 Å². The van der Waals surface area contributed by atoms with Crippen molar-refractivity contribution < 1.29 is 23.4 Å².